The molecule has 0 aliphatic carbocycles. The van der Waals surface area contributed by atoms with Gasteiger partial charge in [0.05, 0.1) is 7.11 Å². The molecule has 1 aromatic heterocycles. The van der Waals surface area contributed by atoms with Crippen LogP contribution in [-0.2, 0) is 13.0 Å². The summed E-state index contributed by atoms with van der Waals surface area (Å²) < 4.78 is 5.22. The average Bonchev–Trinajstić information content (AvgIpc) is 2.65. The molecule has 2 aromatic rings. The standard InChI is InChI=1S/C12H16N2O/c1-3-9-10-6-8(15-2)4-5-11(10)14-12(9)7-13/h4-6,14H,3,7,13H2,1-2H3. The summed E-state index contributed by atoms with van der Waals surface area (Å²) in [6, 6.07) is 6.05. The van der Waals surface area contributed by atoms with E-state index in [0.717, 1.165) is 23.4 Å². The van der Waals surface area contributed by atoms with Crippen molar-refractivity contribution in [3.8, 4) is 5.75 Å². The highest BCUT2D eigenvalue weighted by molar-refractivity contribution is 5.86. The van der Waals surface area contributed by atoms with E-state index in [1.54, 1.807) is 7.11 Å². The first kappa shape index (κ1) is 10.1. The number of hydrogen-bond donors (Lipinski definition) is 2. The summed E-state index contributed by atoms with van der Waals surface area (Å²) in [7, 11) is 1.68. The van der Waals surface area contributed by atoms with Crippen LogP contribution in [0.3, 0.4) is 0 Å². The number of nitrogens with two attached hydrogens (primary N) is 1. The Kier molecular flexibility index (Phi) is 2.64. The molecule has 0 atom stereocenters. The molecule has 0 saturated heterocycles. The van der Waals surface area contributed by atoms with Gasteiger partial charge in [0.25, 0.3) is 0 Å². The molecular weight excluding hydrogens is 188 g/mol. The number of methoxy groups -OCH3 is 1. The monoisotopic (exact) mass is 204 g/mol. The normalized spacial score (nSPS) is 10.9. The van der Waals surface area contributed by atoms with E-state index in [0.29, 0.717) is 6.54 Å². The molecule has 15 heavy (non-hydrogen) atoms. The van der Waals surface area contributed by atoms with E-state index in [2.05, 4.69) is 18.0 Å². The van der Waals surface area contributed by atoms with Gasteiger partial charge in [-0.3, -0.25) is 0 Å². The minimum Gasteiger partial charge on any atom is -0.497 e. The first-order valence-corrected chi connectivity index (χ1v) is 5.17. The van der Waals surface area contributed by atoms with Gasteiger partial charge in [-0.15, -0.1) is 0 Å². The number of H-pyrrole nitrogens is 1. The van der Waals surface area contributed by atoms with Gasteiger partial charge in [0, 0.05) is 23.1 Å². The lowest BCUT2D eigenvalue weighted by molar-refractivity contribution is 0.415. The van der Waals surface area contributed by atoms with Crippen molar-refractivity contribution in [1.82, 2.24) is 4.98 Å². The van der Waals surface area contributed by atoms with Crippen LogP contribution in [0.1, 0.15) is 18.2 Å². The van der Waals surface area contributed by atoms with E-state index in [1.807, 2.05) is 12.1 Å². The number of rotatable bonds is 3. The van der Waals surface area contributed by atoms with Crippen molar-refractivity contribution >= 4 is 10.9 Å². The molecule has 80 valence electrons. The first-order chi connectivity index (χ1) is 7.30. The van der Waals surface area contributed by atoms with Crippen LogP contribution in [0.4, 0.5) is 0 Å². The number of nitrogens with one attached hydrogen (secondary N) is 1. The third-order valence-electron chi connectivity index (χ3n) is 2.76. The average molecular weight is 204 g/mol. The highest BCUT2D eigenvalue weighted by Crippen LogP contribution is 2.26. The number of ether oxygens (including phenoxy) is 1. The number of aryl methyl sites for hydroxylation is 1. The highest BCUT2D eigenvalue weighted by Gasteiger charge is 2.08. The fourth-order valence-corrected chi connectivity index (χ4v) is 1.99. The highest BCUT2D eigenvalue weighted by atomic mass is 16.5. The van der Waals surface area contributed by atoms with Crippen LogP contribution in [0.2, 0.25) is 0 Å². The Balaban J connectivity index is 2.67. The third-order valence-corrected chi connectivity index (χ3v) is 2.76. The van der Waals surface area contributed by atoms with E-state index in [9.17, 15) is 0 Å². The third kappa shape index (κ3) is 1.59. The van der Waals surface area contributed by atoms with E-state index in [-0.39, 0.29) is 0 Å². The number of benzene rings is 1. The van der Waals surface area contributed by atoms with Gasteiger partial charge in [-0.25, -0.2) is 0 Å². The molecule has 0 aliphatic heterocycles. The molecule has 2 rings (SSSR count). The summed E-state index contributed by atoms with van der Waals surface area (Å²) in [5.41, 5.74) is 9.25. The topological polar surface area (TPSA) is 51.0 Å². The number of fused-ring (bicyclic) bond motifs is 1. The number of aromatic nitrogens is 1. The zero-order chi connectivity index (χ0) is 10.8. The molecule has 0 unspecified atom stereocenters. The molecule has 1 aromatic carbocycles. The van der Waals surface area contributed by atoms with E-state index in [1.165, 1.54) is 10.9 Å². The van der Waals surface area contributed by atoms with Crippen LogP contribution in [0, 0.1) is 0 Å². The van der Waals surface area contributed by atoms with E-state index < -0.39 is 0 Å². The smallest absolute Gasteiger partial charge is 0.119 e. The van der Waals surface area contributed by atoms with Crippen molar-refractivity contribution in [1.29, 1.82) is 0 Å². The molecule has 3 N–H and O–H groups in total. The van der Waals surface area contributed by atoms with E-state index in [4.69, 9.17) is 10.5 Å². The van der Waals surface area contributed by atoms with Crippen molar-refractivity contribution < 1.29 is 4.74 Å². The summed E-state index contributed by atoms with van der Waals surface area (Å²) in [4.78, 5) is 3.34. The van der Waals surface area contributed by atoms with Crippen molar-refractivity contribution in [2.24, 2.45) is 5.73 Å². The Morgan fingerprint density at radius 2 is 2.20 bits per heavy atom. The molecule has 3 nitrogen and oxygen atoms in total. The molecule has 0 fully saturated rings. The van der Waals surface area contributed by atoms with Crippen LogP contribution >= 0.6 is 0 Å². The first-order valence-electron chi connectivity index (χ1n) is 5.17. The summed E-state index contributed by atoms with van der Waals surface area (Å²) in [5.74, 6) is 0.889. The molecule has 0 saturated carbocycles. The van der Waals surface area contributed by atoms with Gasteiger partial charge in [-0.2, -0.15) is 0 Å². The molecule has 0 radical (unpaired) electrons. The molecule has 0 bridgehead atoms. The second kappa shape index (κ2) is 3.95. The van der Waals surface area contributed by atoms with Crippen molar-refractivity contribution in [3.63, 3.8) is 0 Å². The lowest BCUT2D eigenvalue weighted by Crippen LogP contribution is -1.99. The Morgan fingerprint density at radius 3 is 2.80 bits per heavy atom. The zero-order valence-corrected chi connectivity index (χ0v) is 9.13. The van der Waals surface area contributed by atoms with Crippen molar-refractivity contribution in [2.45, 2.75) is 19.9 Å². The lowest BCUT2D eigenvalue weighted by Gasteiger charge is -2.00. The summed E-state index contributed by atoms with van der Waals surface area (Å²) in [5, 5.41) is 1.22. The van der Waals surface area contributed by atoms with Gasteiger partial charge in [-0.1, -0.05) is 6.92 Å². The maximum Gasteiger partial charge on any atom is 0.119 e. The van der Waals surface area contributed by atoms with Gasteiger partial charge >= 0.3 is 0 Å². The van der Waals surface area contributed by atoms with Crippen molar-refractivity contribution in [3.05, 3.63) is 29.5 Å². The second-order valence-electron chi connectivity index (χ2n) is 3.55. The van der Waals surface area contributed by atoms with Gasteiger partial charge in [-0.05, 0) is 30.2 Å². The van der Waals surface area contributed by atoms with Gasteiger partial charge < -0.3 is 15.5 Å². The van der Waals surface area contributed by atoms with Crippen LogP contribution < -0.4 is 10.5 Å². The molecule has 0 amide bonds. The van der Waals surface area contributed by atoms with Crippen LogP contribution in [-0.4, -0.2) is 12.1 Å². The molecule has 0 aliphatic rings. The summed E-state index contributed by atoms with van der Waals surface area (Å²) >= 11 is 0. The van der Waals surface area contributed by atoms with Gasteiger partial charge in [0.1, 0.15) is 5.75 Å². The predicted molar refractivity (Wildman–Crippen MR) is 62.1 cm³/mol. The molecule has 0 spiro atoms. The molecule has 1 heterocycles. The van der Waals surface area contributed by atoms with Gasteiger partial charge in [0.15, 0.2) is 0 Å². The minimum absolute atomic E-state index is 0.556. The Hall–Kier alpha value is -1.48. The second-order valence-corrected chi connectivity index (χ2v) is 3.55. The maximum absolute atomic E-state index is 5.70. The Bertz CT molecular complexity index is 474. The number of hydrogen-bond acceptors (Lipinski definition) is 2. The van der Waals surface area contributed by atoms with Crippen LogP contribution in [0.5, 0.6) is 5.75 Å². The maximum atomic E-state index is 5.70. The van der Waals surface area contributed by atoms with Crippen LogP contribution in [0.15, 0.2) is 18.2 Å². The molecule has 3 heteroatoms. The van der Waals surface area contributed by atoms with Crippen molar-refractivity contribution in [2.75, 3.05) is 7.11 Å². The Morgan fingerprint density at radius 1 is 1.40 bits per heavy atom. The SMILES string of the molecule is CCc1c(CN)[nH]c2ccc(OC)cc12. The minimum atomic E-state index is 0.556. The fourth-order valence-electron chi connectivity index (χ4n) is 1.99. The predicted octanol–water partition coefficient (Wildman–Crippen LogP) is 2.20. The van der Waals surface area contributed by atoms with Crippen LogP contribution in [0.25, 0.3) is 10.9 Å². The zero-order valence-electron chi connectivity index (χ0n) is 9.13. The Labute approximate surface area is 89.2 Å². The number of aromatic amines is 1. The quantitative estimate of drug-likeness (QED) is 0.805. The largest absolute Gasteiger partial charge is 0.497 e. The van der Waals surface area contributed by atoms with Gasteiger partial charge in [0.2, 0.25) is 0 Å². The fraction of sp³-hybridized carbons (Fsp3) is 0.333. The summed E-state index contributed by atoms with van der Waals surface area (Å²) in [6.07, 6.45) is 0.986. The summed E-state index contributed by atoms with van der Waals surface area (Å²) in [6.45, 7) is 2.70. The molecular formula is C12H16N2O. The lowest BCUT2D eigenvalue weighted by atomic mass is 10.1. The van der Waals surface area contributed by atoms with E-state index >= 15 is 0 Å².